The Balaban J connectivity index is 1.31. The molecule has 1 aliphatic heterocycles. The lowest BCUT2D eigenvalue weighted by atomic mass is 10.00. The highest BCUT2D eigenvalue weighted by Gasteiger charge is 2.26. The average molecular weight is 429 g/mol. The van der Waals surface area contributed by atoms with Crippen LogP contribution >= 0.6 is 23.1 Å². The van der Waals surface area contributed by atoms with Gasteiger partial charge in [-0.15, -0.1) is 10.2 Å². The van der Waals surface area contributed by atoms with Crippen LogP contribution in [0.1, 0.15) is 23.6 Å². The number of nitrogens with one attached hydrogen (secondary N) is 1. The number of aromatic nitrogens is 2. The molecule has 8 heteroatoms. The molecule has 0 fully saturated rings. The topological polar surface area (TPSA) is 58.1 Å². The molecule has 1 unspecified atom stereocenters. The van der Waals surface area contributed by atoms with E-state index in [2.05, 4.69) is 27.6 Å². The van der Waals surface area contributed by atoms with Crippen LogP contribution in [-0.2, 0) is 24.3 Å². The number of halogens is 1. The zero-order chi connectivity index (χ0) is 20.2. The zero-order valence-corrected chi connectivity index (χ0v) is 17.6. The Hall–Kier alpha value is -2.45. The number of thioether (sulfide) groups is 1. The van der Waals surface area contributed by atoms with E-state index < -0.39 is 0 Å². The van der Waals surface area contributed by atoms with E-state index in [-0.39, 0.29) is 17.0 Å². The van der Waals surface area contributed by atoms with E-state index in [0.29, 0.717) is 18.2 Å². The van der Waals surface area contributed by atoms with E-state index in [1.54, 1.807) is 12.1 Å². The summed E-state index contributed by atoms with van der Waals surface area (Å²) in [6, 6.07) is 14.6. The summed E-state index contributed by atoms with van der Waals surface area (Å²) in [7, 11) is 0. The number of fused-ring (bicyclic) bond motifs is 1. The molecule has 5 nitrogen and oxygen atoms in total. The van der Waals surface area contributed by atoms with Gasteiger partial charge in [0, 0.05) is 19.6 Å². The number of rotatable bonds is 6. The predicted octanol–water partition coefficient (Wildman–Crippen LogP) is 4.35. The van der Waals surface area contributed by atoms with Crippen molar-refractivity contribution in [1.82, 2.24) is 15.1 Å². The number of benzene rings is 2. The highest BCUT2D eigenvalue weighted by Crippen LogP contribution is 2.31. The summed E-state index contributed by atoms with van der Waals surface area (Å²) < 4.78 is 13.7. The maximum Gasteiger partial charge on any atom is 0.236 e. The Morgan fingerprint density at radius 3 is 2.76 bits per heavy atom. The molecule has 1 N–H and O–H groups in total. The molecule has 3 aromatic rings. The molecule has 1 atom stereocenters. The first-order valence-electron chi connectivity index (χ1n) is 9.42. The number of amides is 1. The predicted molar refractivity (Wildman–Crippen MR) is 115 cm³/mol. The molecule has 150 valence electrons. The highest BCUT2D eigenvalue weighted by atomic mass is 32.2. The lowest BCUT2D eigenvalue weighted by Crippen LogP contribution is -2.40. The van der Waals surface area contributed by atoms with Crippen molar-refractivity contribution in [3.8, 4) is 0 Å². The number of carbonyl (C=O) groups is 1. The van der Waals surface area contributed by atoms with Crippen molar-refractivity contribution in [1.29, 1.82) is 0 Å². The Bertz CT molecular complexity index is 992. The Kier molecular flexibility index (Phi) is 6.10. The molecule has 29 heavy (non-hydrogen) atoms. The minimum absolute atomic E-state index is 0.125. The monoisotopic (exact) mass is 428 g/mol. The average Bonchev–Trinajstić information content (AvgIpc) is 3.19. The minimum Gasteiger partial charge on any atom is -0.356 e. The molecule has 1 amide bonds. The summed E-state index contributed by atoms with van der Waals surface area (Å²) in [6.07, 6.45) is 0.898. The second-order valence-electron chi connectivity index (χ2n) is 6.89. The molecule has 1 aliphatic rings. The number of carbonyl (C=O) groups excluding carboxylic acids is 1. The van der Waals surface area contributed by atoms with Gasteiger partial charge in [0.1, 0.15) is 5.82 Å². The van der Waals surface area contributed by atoms with Gasteiger partial charge in [-0.2, -0.15) is 0 Å². The maximum atomic E-state index is 13.0. The summed E-state index contributed by atoms with van der Waals surface area (Å²) in [5.41, 5.74) is 3.52. The van der Waals surface area contributed by atoms with E-state index in [4.69, 9.17) is 0 Å². The third kappa shape index (κ3) is 4.94. The van der Waals surface area contributed by atoms with Gasteiger partial charge < -0.3 is 10.2 Å². The molecule has 0 radical (unpaired) electrons. The van der Waals surface area contributed by atoms with Gasteiger partial charge in [0.25, 0.3) is 0 Å². The van der Waals surface area contributed by atoms with Gasteiger partial charge in [-0.3, -0.25) is 4.79 Å². The summed E-state index contributed by atoms with van der Waals surface area (Å²) >= 11 is 2.86. The van der Waals surface area contributed by atoms with E-state index in [1.807, 2.05) is 24.0 Å². The van der Waals surface area contributed by atoms with Crippen molar-refractivity contribution in [2.75, 3.05) is 11.9 Å². The Morgan fingerprint density at radius 2 is 1.97 bits per heavy atom. The summed E-state index contributed by atoms with van der Waals surface area (Å²) in [4.78, 5) is 14.8. The lowest BCUT2D eigenvalue weighted by molar-refractivity contribution is -0.131. The van der Waals surface area contributed by atoms with Crippen LogP contribution in [0, 0.1) is 5.82 Å². The Labute approximate surface area is 177 Å². The number of anilines is 1. The SMILES string of the molecule is CC(Sc1nnc(NCc2ccc(F)cc2)s1)C(=O)N1CCc2ccccc2C1. The van der Waals surface area contributed by atoms with Gasteiger partial charge in [-0.1, -0.05) is 59.5 Å². The molecule has 0 saturated heterocycles. The van der Waals surface area contributed by atoms with E-state index >= 15 is 0 Å². The third-order valence-corrected chi connectivity index (χ3v) is 6.88. The molecule has 0 saturated carbocycles. The quantitative estimate of drug-likeness (QED) is 0.592. The van der Waals surface area contributed by atoms with Crippen molar-refractivity contribution < 1.29 is 9.18 Å². The standard InChI is InChI=1S/C21H21FN4OS2/c1-14(19(27)26-11-10-16-4-2-3-5-17(16)13-26)28-21-25-24-20(29-21)23-12-15-6-8-18(22)9-7-15/h2-9,14H,10-13H2,1H3,(H,23,24). The fourth-order valence-corrected chi connectivity index (χ4v) is 5.23. The number of hydrogen-bond donors (Lipinski definition) is 1. The summed E-state index contributed by atoms with van der Waals surface area (Å²) in [5.74, 6) is -0.125. The number of hydrogen-bond acceptors (Lipinski definition) is 6. The molecule has 2 aromatic carbocycles. The molecule has 0 bridgehead atoms. The van der Waals surface area contributed by atoms with E-state index in [9.17, 15) is 9.18 Å². The van der Waals surface area contributed by atoms with Gasteiger partial charge in [0.05, 0.1) is 5.25 Å². The third-order valence-electron chi connectivity index (χ3n) is 4.83. The van der Waals surface area contributed by atoms with Crippen molar-refractivity contribution in [3.63, 3.8) is 0 Å². The van der Waals surface area contributed by atoms with Crippen molar-refractivity contribution in [2.45, 2.75) is 36.0 Å². The fourth-order valence-electron chi connectivity index (χ4n) is 3.25. The largest absolute Gasteiger partial charge is 0.356 e. The lowest BCUT2D eigenvalue weighted by Gasteiger charge is -2.30. The van der Waals surface area contributed by atoms with E-state index in [0.717, 1.165) is 22.9 Å². The Morgan fingerprint density at radius 1 is 1.21 bits per heavy atom. The molecule has 0 spiro atoms. The fraction of sp³-hybridized carbons (Fsp3) is 0.286. The van der Waals surface area contributed by atoms with Gasteiger partial charge in [-0.25, -0.2) is 4.39 Å². The van der Waals surface area contributed by atoms with Gasteiger partial charge in [0.15, 0.2) is 4.34 Å². The molecular weight excluding hydrogens is 407 g/mol. The first-order chi connectivity index (χ1) is 14.1. The van der Waals surface area contributed by atoms with Crippen molar-refractivity contribution in [3.05, 3.63) is 71.0 Å². The molecule has 2 heterocycles. The van der Waals surface area contributed by atoms with Crippen LogP contribution in [0.3, 0.4) is 0 Å². The van der Waals surface area contributed by atoms with Crippen molar-refractivity contribution >= 4 is 34.1 Å². The van der Waals surface area contributed by atoms with Gasteiger partial charge in [0.2, 0.25) is 11.0 Å². The minimum atomic E-state index is -0.251. The van der Waals surface area contributed by atoms with Crippen LogP contribution in [0.15, 0.2) is 52.9 Å². The number of nitrogens with zero attached hydrogens (tertiary/aromatic N) is 3. The zero-order valence-electron chi connectivity index (χ0n) is 16.0. The molecule has 4 rings (SSSR count). The van der Waals surface area contributed by atoms with Gasteiger partial charge in [-0.05, 0) is 42.2 Å². The highest BCUT2D eigenvalue weighted by molar-refractivity contribution is 8.02. The first kappa shape index (κ1) is 19.8. The molecule has 0 aliphatic carbocycles. The van der Waals surface area contributed by atoms with Gasteiger partial charge >= 0.3 is 0 Å². The second-order valence-corrected chi connectivity index (χ2v) is 9.46. The van der Waals surface area contributed by atoms with Crippen LogP contribution in [0.4, 0.5) is 9.52 Å². The summed E-state index contributed by atoms with van der Waals surface area (Å²) in [5, 5.41) is 12.0. The smallest absolute Gasteiger partial charge is 0.236 e. The summed E-state index contributed by atoms with van der Waals surface area (Å²) in [6.45, 7) is 3.88. The first-order valence-corrected chi connectivity index (χ1v) is 11.1. The van der Waals surface area contributed by atoms with Crippen LogP contribution < -0.4 is 5.32 Å². The van der Waals surface area contributed by atoms with Crippen LogP contribution in [0.5, 0.6) is 0 Å². The van der Waals surface area contributed by atoms with Crippen LogP contribution in [0.2, 0.25) is 0 Å². The molecular formula is C21H21FN4OS2. The van der Waals surface area contributed by atoms with E-state index in [1.165, 1.54) is 46.4 Å². The van der Waals surface area contributed by atoms with Crippen LogP contribution in [0.25, 0.3) is 0 Å². The normalized spacial score (nSPS) is 14.3. The second kappa shape index (κ2) is 8.92. The van der Waals surface area contributed by atoms with Crippen LogP contribution in [-0.4, -0.2) is 32.8 Å². The van der Waals surface area contributed by atoms with Crippen molar-refractivity contribution in [2.24, 2.45) is 0 Å². The maximum absolute atomic E-state index is 13.0. The molecule has 1 aromatic heterocycles.